The van der Waals surface area contributed by atoms with Crippen molar-refractivity contribution < 1.29 is 19.2 Å². The molecule has 0 N–H and O–H groups in total. The summed E-state index contributed by atoms with van der Waals surface area (Å²) in [6, 6.07) is 13.5. The van der Waals surface area contributed by atoms with Crippen molar-refractivity contribution in [2.45, 2.75) is 26.2 Å². The number of ketones is 1. The summed E-state index contributed by atoms with van der Waals surface area (Å²) in [5.41, 5.74) is 1.55. The average molecular weight is 425 g/mol. The minimum atomic E-state index is -0.420. The van der Waals surface area contributed by atoms with Gasteiger partial charge in [-0.3, -0.25) is 19.7 Å². The van der Waals surface area contributed by atoms with Crippen molar-refractivity contribution in [2.75, 3.05) is 37.7 Å². The maximum absolute atomic E-state index is 12.5. The van der Waals surface area contributed by atoms with Crippen molar-refractivity contribution in [3.8, 4) is 5.75 Å². The van der Waals surface area contributed by atoms with Crippen LogP contribution in [0.15, 0.2) is 48.5 Å². The number of amides is 1. The van der Waals surface area contributed by atoms with E-state index in [-0.39, 0.29) is 30.2 Å². The van der Waals surface area contributed by atoms with Gasteiger partial charge in [0.1, 0.15) is 5.75 Å². The second-order valence-corrected chi connectivity index (χ2v) is 7.44. The van der Waals surface area contributed by atoms with E-state index in [0.717, 1.165) is 17.9 Å². The van der Waals surface area contributed by atoms with E-state index >= 15 is 0 Å². The fourth-order valence-corrected chi connectivity index (χ4v) is 3.48. The molecule has 2 aromatic carbocycles. The second-order valence-electron chi connectivity index (χ2n) is 7.44. The molecule has 164 valence electrons. The van der Waals surface area contributed by atoms with Gasteiger partial charge in [0.15, 0.2) is 5.78 Å². The van der Waals surface area contributed by atoms with Crippen molar-refractivity contribution in [3.63, 3.8) is 0 Å². The van der Waals surface area contributed by atoms with E-state index in [1.165, 1.54) is 12.1 Å². The molecule has 1 aliphatic rings. The van der Waals surface area contributed by atoms with Gasteiger partial charge in [0.25, 0.3) is 5.69 Å². The predicted molar refractivity (Wildman–Crippen MR) is 118 cm³/mol. The van der Waals surface area contributed by atoms with Gasteiger partial charge in [-0.05, 0) is 42.8 Å². The molecule has 0 saturated carbocycles. The third-order valence-corrected chi connectivity index (χ3v) is 5.27. The van der Waals surface area contributed by atoms with E-state index in [1.54, 1.807) is 41.3 Å². The van der Waals surface area contributed by atoms with Crippen LogP contribution in [0.2, 0.25) is 0 Å². The number of hydrogen-bond acceptors (Lipinski definition) is 6. The number of hydrogen-bond donors (Lipinski definition) is 0. The quantitative estimate of drug-likeness (QED) is 0.346. The van der Waals surface area contributed by atoms with Gasteiger partial charge < -0.3 is 14.5 Å². The van der Waals surface area contributed by atoms with Gasteiger partial charge in [0, 0.05) is 62.4 Å². The lowest BCUT2D eigenvalue weighted by molar-refractivity contribution is -0.384. The topological polar surface area (TPSA) is 93.0 Å². The highest BCUT2D eigenvalue weighted by Gasteiger charge is 2.22. The fourth-order valence-electron chi connectivity index (χ4n) is 3.48. The number of ether oxygens (including phenoxy) is 1. The Kier molecular flexibility index (Phi) is 7.59. The molecular weight excluding hydrogens is 398 g/mol. The third kappa shape index (κ3) is 6.04. The predicted octanol–water partition coefficient (Wildman–Crippen LogP) is 3.70. The SMILES string of the molecule is CCCOc1ccc(C(=O)CCC(=O)N2CCN(c3ccc([N+](=O)[O-])cc3)CC2)cc1. The molecule has 31 heavy (non-hydrogen) atoms. The van der Waals surface area contributed by atoms with Gasteiger partial charge >= 0.3 is 0 Å². The number of non-ortho nitro benzene ring substituents is 1. The van der Waals surface area contributed by atoms with Crippen LogP contribution in [0.5, 0.6) is 5.75 Å². The van der Waals surface area contributed by atoms with E-state index in [9.17, 15) is 19.7 Å². The summed E-state index contributed by atoms with van der Waals surface area (Å²) in [5.74, 6) is 0.653. The average Bonchev–Trinajstić information content (AvgIpc) is 2.81. The van der Waals surface area contributed by atoms with Gasteiger partial charge in [0.2, 0.25) is 5.91 Å². The summed E-state index contributed by atoms with van der Waals surface area (Å²) in [6.45, 7) is 5.10. The Morgan fingerprint density at radius 3 is 2.19 bits per heavy atom. The van der Waals surface area contributed by atoms with Crippen LogP contribution in [0.4, 0.5) is 11.4 Å². The highest BCUT2D eigenvalue weighted by Crippen LogP contribution is 2.21. The van der Waals surface area contributed by atoms with Crippen LogP contribution >= 0.6 is 0 Å². The van der Waals surface area contributed by atoms with Crippen LogP contribution in [0.25, 0.3) is 0 Å². The summed E-state index contributed by atoms with van der Waals surface area (Å²) in [5, 5.41) is 10.8. The second kappa shape index (κ2) is 10.6. The summed E-state index contributed by atoms with van der Waals surface area (Å²) in [4.78, 5) is 39.2. The first-order valence-corrected chi connectivity index (χ1v) is 10.5. The molecule has 0 atom stereocenters. The molecule has 1 saturated heterocycles. The first kappa shape index (κ1) is 22.3. The highest BCUT2D eigenvalue weighted by atomic mass is 16.6. The van der Waals surface area contributed by atoms with Crippen LogP contribution in [-0.4, -0.2) is 54.3 Å². The molecule has 3 rings (SSSR count). The van der Waals surface area contributed by atoms with Crippen molar-refractivity contribution in [3.05, 3.63) is 64.2 Å². The van der Waals surface area contributed by atoms with Gasteiger partial charge in [-0.1, -0.05) is 6.92 Å². The zero-order valence-electron chi connectivity index (χ0n) is 17.7. The molecule has 8 heteroatoms. The number of anilines is 1. The molecule has 0 aromatic heterocycles. The Bertz CT molecular complexity index is 904. The molecule has 1 aliphatic heterocycles. The van der Waals surface area contributed by atoms with Crippen molar-refractivity contribution in [1.82, 2.24) is 4.90 Å². The molecule has 1 fully saturated rings. The highest BCUT2D eigenvalue weighted by molar-refractivity contribution is 5.98. The molecule has 1 amide bonds. The summed E-state index contributed by atoms with van der Waals surface area (Å²) in [6.07, 6.45) is 1.28. The van der Waals surface area contributed by atoms with Crippen LogP contribution in [0, 0.1) is 10.1 Å². The monoisotopic (exact) mass is 425 g/mol. The molecule has 2 aromatic rings. The van der Waals surface area contributed by atoms with Gasteiger partial charge in [-0.25, -0.2) is 0 Å². The Hall–Kier alpha value is -3.42. The van der Waals surface area contributed by atoms with Crippen LogP contribution in [-0.2, 0) is 4.79 Å². The molecule has 0 bridgehead atoms. The Morgan fingerprint density at radius 2 is 1.61 bits per heavy atom. The van der Waals surface area contributed by atoms with Gasteiger partial charge in [0.05, 0.1) is 11.5 Å². The number of nitrogens with zero attached hydrogens (tertiary/aromatic N) is 3. The fraction of sp³-hybridized carbons (Fsp3) is 0.391. The largest absolute Gasteiger partial charge is 0.494 e. The zero-order valence-corrected chi connectivity index (χ0v) is 17.7. The standard InChI is InChI=1S/C23H27N3O5/c1-2-17-31-21-9-3-18(4-10-21)22(27)11-12-23(28)25-15-13-24(14-16-25)19-5-7-20(8-6-19)26(29)30/h3-10H,2,11-17H2,1H3. The van der Waals surface area contributed by atoms with Crippen LogP contribution < -0.4 is 9.64 Å². The number of rotatable bonds is 9. The van der Waals surface area contributed by atoms with Gasteiger partial charge in [-0.15, -0.1) is 0 Å². The maximum atomic E-state index is 12.5. The number of piperazine rings is 1. The number of Topliss-reactive ketones (excluding diaryl/α,β-unsaturated/α-hetero) is 1. The molecule has 0 radical (unpaired) electrons. The Labute approximate surface area is 181 Å². The van der Waals surface area contributed by atoms with Crippen molar-refractivity contribution in [2.24, 2.45) is 0 Å². The Balaban J connectivity index is 1.44. The van der Waals surface area contributed by atoms with Gasteiger partial charge in [-0.2, -0.15) is 0 Å². The van der Waals surface area contributed by atoms with Crippen LogP contribution in [0.3, 0.4) is 0 Å². The van der Waals surface area contributed by atoms with E-state index in [1.807, 2.05) is 6.92 Å². The lowest BCUT2D eigenvalue weighted by atomic mass is 10.1. The molecule has 0 aliphatic carbocycles. The molecule has 0 spiro atoms. The molecule has 0 unspecified atom stereocenters. The molecule has 1 heterocycles. The summed E-state index contributed by atoms with van der Waals surface area (Å²) >= 11 is 0. The smallest absolute Gasteiger partial charge is 0.269 e. The zero-order chi connectivity index (χ0) is 22.2. The molecule has 8 nitrogen and oxygen atoms in total. The van der Waals surface area contributed by atoms with E-state index in [4.69, 9.17) is 4.74 Å². The number of nitro benzene ring substituents is 1. The van der Waals surface area contributed by atoms with E-state index in [2.05, 4.69) is 4.90 Å². The summed E-state index contributed by atoms with van der Waals surface area (Å²) < 4.78 is 5.52. The number of nitro groups is 1. The van der Waals surface area contributed by atoms with E-state index in [0.29, 0.717) is 38.3 Å². The first-order chi connectivity index (χ1) is 15.0. The van der Waals surface area contributed by atoms with E-state index < -0.39 is 4.92 Å². The third-order valence-electron chi connectivity index (χ3n) is 5.27. The lowest BCUT2D eigenvalue weighted by Crippen LogP contribution is -2.48. The minimum absolute atomic E-state index is 0.0281. The number of carbonyl (C=O) groups excluding carboxylic acids is 2. The number of carbonyl (C=O) groups is 2. The number of benzene rings is 2. The Morgan fingerprint density at radius 1 is 0.968 bits per heavy atom. The lowest BCUT2D eigenvalue weighted by Gasteiger charge is -2.36. The molecular formula is C23H27N3O5. The normalized spacial score (nSPS) is 13.7. The van der Waals surface area contributed by atoms with Crippen LogP contribution in [0.1, 0.15) is 36.5 Å². The van der Waals surface area contributed by atoms with Crippen molar-refractivity contribution >= 4 is 23.1 Å². The maximum Gasteiger partial charge on any atom is 0.269 e. The van der Waals surface area contributed by atoms with Crippen molar-refractivity contribution in [1.29, 1.82) is 0 Å². The first-order valence-electron chi connectivity index (χ1n) is 10.5. The minimum Gasteiger partial charge on any atom is -0.494 e. The summed E-state index contributed by atoms with van der Waals surface area (Å²) in [7, 11) is 0.